The Morgan fingerprint density at radius 3 is 2.32 bits per heavy atom. The van der Waals surface area contributed by atoms with Gasteiger partial charge in [0.05, 0.1) is 11.3 Å². The van der Waals surface area contributed by atoms with Gasteiger partial charge in [-0.1, -0.05) is 19.1 Å². The standard InChI is InChI=1S/C14H18FNO3/c1-9(12(17)18)8-16-13(19)14(2,3)10-4-6-11(15)7-5-10/h4-7,9H,8H2,1-3H3,(H,16,19)(H,17,18). The molecule has 1 atom stereocenters. The Bertz CT molecular complexity index is 468. The van der Waals surface area contributed by atoms with Gasteiger partial charge in [-0.05, 0) is 31.5 Å². The lowest BCUT2D eigenvalue weighted by Crippen LogP contribution is -2.42. The molecule has 0 saturated heterocycles. The number of amides is 1. The van der Waals surface area contributed by atoms with Crippen LogP contribution in [0, 0.1) is 11.7 Å². The largest absolute Gasteiger partial charge is 0.481 e. The molecule has 0 spiro atoms. The number of carboxylic acid groups (broad SMARTS) is 1. The van der Waals surface area contributed by atoms with Crippen molar-refractivity contribution in [1.82, 2.24) is 5.32 Å². The number of hydrogen-bond acceptors (Lipinski definition) is 2. The van der Waals surface area contributed by atoms with Crippen LogP contribution in [0.3, 0.4) is 0 Å². The SMILES string of the molecule is CC(CNC(=O)C(C)(C)c1ccc(F)cc1)C(=O)O. The summed E-state index contributed by atoms with van der Waals surface area (Å²) in [6, 6.07) is 5.69. The summed E-state index contributed by atoms with van der Waals surface area (Å²) in [6.07, 6.45) is 0. The van der Waals surface area contributed by atoms with Crippen LogP contribution in [0.15, 0.2) is 24.3 Å². The molecule has 1 rings (SSSR count). The number of carbonyl (C=O) groups is 2. The number of halogens is 1. The van der Waals surface area contributed by atoms with E-state index in [1.807, 2.05) is 0 Å². The van der Waals surface area contributed by atoms with Crippen molar-refractivity contribution in [2.24, 2.45) is 5.92 Å². The third kappa shape index (κ3) is 3.77. The van der Waals surface area contributed by atoms with Crippen LogP contribution in [0.25, 0.3) is 0 Å². The van der Waals surface area contributed by atoms with E-state index in [4.69, 9.17) is 5.11 Å². The Hall–Kier alpha value is -1.91. The molecule has 0 aliphatic carbocycles. The maximum Gasteiger partial charge on any atom is 0.308 e. The summed E-state index contributed by atoms with van der Waals surface area (Å²) in [7, 11) is 0. The van der Waals surface area contributed by atoms with Gasteiger partial charge >= 0.3 is 5.97 Å². The van der Waals surface area contributed by atoms with Gasteiger partial charge in [0.15, 0.2) is 0 Å². The first-order valence-corrected chi connectivity index (χ1v) is 6.02. The summed E-state index contributed by atoms with van der Waals surface area (Å²) >= 11 is 0. The fourth-order valence-electron chi connectivity index (χ4n) is 1.55. The van der Waals surface area contributed by atoms with Gasteiger partial charge in [-0.15, -0.1) is 0 Å². The minimum atomic E-state index is -0.958. The molecule has 0 heterocycles. The molecular formula is C14H18FNO3. The average molecular weight is 267 g/mol. The summed E-state index contributed by atoms with van der Waals surface area (Å²) in [5.74, 6) is -2.25. The van der Waals surface area contributed by atoms with Crippen LogP contribution in [-0.2, 0) is 15.0 Å². The van der Waals surface area contributed by atoms with Crippen LogP contribution in [0.2, 0.25) is 0 Å². The van der Waals surface area contributed by atoms with Gasteiger partial charge in [-0.3, -0.25) is 9.59 Å². The number of carboxylic acids is 1. The Labute approximate surface area is 111 Å². The number of carbonyl (C=O) groups excluding carboxylic acids is 1. The molecule has 19 heavy (non-hydrogen) atoms. The highest BCUT2D eigenvalue weighted by Crippen LogP contribution is 2.23. The van der Waals surface area contributed by atoms with Crippen molar-refractivity contribution in [2.45, 2.75) is 26.2 Å². The van der Waals surface area contributed by atoms with Crippen LogP contribution in [0.4, 0.5) is 4.39 Å². The molecule has 1 aromatic rings. The molecule has 1 amide bonds. The Morgan fingerprint density at radius 2 is 1.84 bits per heavy atom. The van der Waals surface area contributed by atoms with Crippen LogP contribution in [0.5, 0.6) is 0 Å². The van der Waals surface area contributed by atoms with Crippen LogP contribution in [0.1, 0.15) is 26.3 Å². The second-order valence-corrected chi connectivity index (χ2v) is 5.08. The fraction of sp³-hybridized carbons (Fsp3) is 0.429. The summed E-state index contributed by atoms with van der Waals surface area (Å²) in [6.45, 7) is 5.01. The van der Waals surface area contributed by atoms with Gasteiger partial charge in [0.2, 0.25) is 5.91 Å². The monoisotopic (exact) mass is 267 g/mol. The van der Waals surface area contributed by atoms with Gasteiger partial charge in [0.1, 0.15) is 5.82 Å². The van der Waals surface area contributed by atoms with Gasteiger partial charge in [0, 0.05) is 6.54 Å². The zero-order valence-corrected chi connectivity index (χ0v) is 11.2. The highest BCUT2D eigenvalue weighted by atomic mass is 19.1. The van der Waals surface area contributed by atoms with E-state index in [2.05, 4.69) is 5.32 Å². The zero-order valence-electron chi connectivity index (χ0n) is 11.2. The molecule has 1 aromatic carbocycles. The van der Waals surface area contributed by atoms with Crippen molar-refractivity contribution in [3.05, 3.63) is 35.6 Å². The van der Waals surface area contributed by atoms with Crippen LogP contribution < -0.4 is 5.32 Å². The quantitative estimate of drug-likeness (QED) is 0.856. The molecule has 0 aliphatic rings. The van der Waals surface area contributed by atoms with Crippen molar-refractivity contribution in [3.63, 3.8) is 0 Å². The van der Waals surface area contributed by atoms with Crippen molar-refractivity contribution < 1.29 is 19.1 Å². The number of rotatable bonds is 5. The summed E-state index contributed by atoms with van der Waals surface area (Å²) in [5.41, 5.74) is -0.166. The highest BCUT2D eigenvalue weighted by molar-refractivity contribution is 5.87. The van der Waals surface area contributed by atoms with E-state index in [0.29, 0.717) is 5.56 Å². The van der Waals surface area contributed by atoms with Crippen molar-refractivity contribution in [1.29, 1.82) is 0 Å². The van der Waals surface area contributed by atoms with Gasteiger partial charge in [-0.25, -0.2) is 4.39 Å². The lowest BCUT2D eigenvalue weighted by Gasteiger charge is -2.24. The van der Waals surface area contributed by atoms with E-state index in [1.54, 1.807) is 26.0 Å². The Balaban J connectivity index is 2.74. The van der Waals surface area contributed by atoms with E-state index in [1.165, 1.54) is 19.1 Å². The molecule has 4 nitrogen and oxygen atoms in total. The van der Waals surface area contributed by atoms with E-state index >= 15 is 0 Å². The summed E-state index contributed by atoms with van der Waals surface area (Å²) in [5, 5.41) is 11.4. The topological polar surface area (TPSA) is 66.4 Å². The predicted octanol–water partition coefficient (Wildman–Crippen LogP) is 1.94. The average Bonchev–Trinajstić information content (AvgIpc) is 2.35. The van der Waals surface area contributed by atoms with Gasteiger partial charge < -0.3 is 10.4 Å². The number of aliphatic carboxylic acids is 1. The first kappa shape index (κ1) is 15.1. The second kappa shape index (κ2) is 5.82. The summed E-state index contributed by atoms with van der Waals surface area (Å²) < 4.78 is 12.9. The molecule has 0 saturated carbocycles. The molecule has 0 aromatic heterocycles. The number of hydrogen-bond donors (Lipinski definition) is 2. The molecule has 5 heteroatoms. The Morgan fingerprint density at radius 1 is 1.32 bits per heavy atom. The van der Waals surface area contributed by atoms with Crippen LogP contribution in [-0.4, -0.2) is 23.5 Å². The molecule has 1 unspecified atom stereocenters. The van der Waals surface area contributed by atoms with Crippen molar-refractivity contribution in [2.75, 3.05) is 6.54 Å². The maximum atomic E-state index is 12.9. The van der Waals surface area contributed by atoms with E-state index in [-0.39, 0.29) is 18.3 Å². The molecule has 0 radical (unpaired) electrons. The molecule has 0 fully saturated rings. The molecular weight excluding hydrogens is 249 g/mol. The maximum absolute atomic E-state index is 12.9. The lowest BCUT2D eigenvalue weighted by molar-refractivity contribution is -0.141. The zero-order chi connectivity index (χ0) is 14.6. The minimum absolute atomic E-state index is 0.0682. The normalized spacial score (nSPS) is 12.8. The van der Waals surface area contributed by atoms with Crippen molar-refractivity contribution >= 4 is 11.9 Å². The second-order valence-electron chi connectivity index (χ2n) is 5.08. The molecule has 0 bridgehead atoms. The predicted molar refractivity (Wildman–Crippen MR) is 69.2 cm³/mol. The lowest BCUT2D eigenvalue weighted by atomic mass is 9.83. The highest BCUT2D eigenvalue weighted by Gasteiger charge is 2.30. The first-order chi connectivity index (χ1) is 8.75. The Kier molecular flexibility index (Phi) is 4.64. The minimum Gasteiger partial charge on any atom is -0.481 e. The molecule has 2 N–H and O–H groups in total. The van der Waals surface area contributed by atoms with Crippen LogP contribution >= 0.6 is 0 Å². The van der Waals surface area contributed by atoms with Crippen molar-refractivity contribution in [3.8, 4) is 0 Å². The smallest absolute Gasteiger partial charge is 0.308 e. The van der Waals surface area contributed by atoms with E-state index in [0.717, 1.165) is 0 Å². The number of benzene rings is 1. The third-order valence-electron chi connectivity index (χ3n) is 3.12. The summed E-state index contributed by atoms with van der Waals surface area (Å²) in [4.78, 5) is 22.8. The molecule has 0 aliphatic heterocycles. The molecule has 104 valence electrons. The van der Waals surface area contributed by atoms with Gasteiger partial charge in [-0.2, -0.15) is 0 Å². The number of nitrogens with one attached hydrogen (secondary N) is 1. The third-order valence-corrected chi connectivity index (χ3v) is 3.12. The van der Waals surface area contributed by atoms with E-state index < -0.39 is 17.3 Å². The fourth-order valence-corrected chi connectivity index (χ4v) is 1.55. The first-order valence-electron chi connectivity index (χ1n) is 6.02. The van der Waals surface area contributed by atoms with Gasteiger partial charge in [0.25, 0.3) is 0 Å². The van der Waals surface area contributed by atoms with E-state index in [9.17, 15) is 14.0 Å².